The van der Waals surface area contributed by atoms with Crippen LogP contribution in [0.4, 0.5) is 0 Å². The van der Waals surface area contributed by atoms with E-state index in [1.807, 2.05) is 24.8 Å². The Morgan fingerprint density at radius 1 is 0.973 bits per heavy atom. The minimum absolute atomic E-state index is 0.0157. The average Bonchev–Trinajstić information content (AvgIpc) is 3.37. The zero-order chi connectivity index (χ0) is 26.2. The van der Waals surface area contributed by atoms with Crippen LogP contribution in [0.5, 0.6) is 0 Å². The van der Waals surface area contributed by atoms with E-state index in [2.05, 4.69) is 47.2 Å². The molecular formula is C31H38ClN3O2. The molecule has 0 bridgehead atoms. The molecule has 1 unspecified atom stereocenters. The van der Waals surface area contributed by atoms with Crippen LogP contribution in [0, 0.1) is 0 Å². The summed E-state index contributed by atoms with van der Waals surface area (Å²) in [6.07, 6.45) is 8.38. The summed E-state index contributed by atoms with van der Waals surface area (Å²) in [6, 6.07) is 21.6. The molecule has 2 amide bonds. The van der Waals surface area contributed by atoms with Crippen molar-refractivity contribution in [3.8, 4) is 0 Å². The number of halogens is 1. The second kappa shape index (κ2) is 13.0. The summed E-state index contributed by atoms with van der Waals surface area (Å²) in [4.78, 5) is 31.2. The number of carbonyl (C=O) groups is 2. The van der Waals surface area contributed by atoms with Crippen LogP contribution in [-0.4, -0.2) is 44.8 Å². The fraction of sp³-hybridized carbons (Fsp3) is 0.419. The lowest BCUT2D eigenvalue weighted by Gasteiger charge is -2.37. The molecule has 1 aromatic heterocycles. The van der Waals surface area contributed by atoms with Gasteiger partial charge in [-0.2, -0.15) is 0 Å². The molecule has 1 heterocycles. The van der Waals surface area contributed by atoms with Crippen molar-refractivity contribution in [2.45, 2.75) is 77.5 Å². The van der Waals surface area contributed by atoms with E-state index in [0.29, 0.717) is 17.1 Å². The van der Waals surface area contributed by atoms with Gasteiger partial charge in [-0.1, -0.05) is 68.1 Å². The molecule has 3 aromatic rings. The molecule has 0 radical (unpaired) electrons. The summed E-state index contributed by atoms with van der Waals surface area (Å²) in [5.41, 5.74) is 2.90. The van der Waals surface area contributed by atoms with Crippen LogP contribution in [0.3, 0.4) is 0 Å². The lowest BCUT2D eigenvalue weighted by atomic mass is 9.94. The van der Waals surface area contributed by atoms with E-state index in [9.17, 15) is 9.59 Å². The van der Waals surface area contributed by atoms with Gasteiger partial charge >= 0.3 is 0 Å². The maximum atomic E-state index is 14.0. The van der Waals surface area contributed by atoms with E-state index >= 15 is 0 Å². The highest BCUT2D eigenvalue weighted by Gasteiger charge is 2.30. The van der Waals surface area contributed by atoms with E-state index in [1.165, 1.54) is 12.0 Å². The molecule has 1 aliphatic carbocycles. The lowest BCUT2D eigenvalue weighted by Crippen LogP contribution is -2.49. The van der Waals surface area contributed by atoms with Crippen LogP contribution in [0.25, 0.3) is 0 Å². The molecule has 37 heavy (non-hydrogen) atoms. The summed E-state index contributed by atoms with van der Waals surface area (Å²) in [5.74, 6) is -0.114. The molecule has 1 aliphatic rings. The quantitative estimate of drug-likeness (QED) is 0.296. The molecule has 6 heteroatoms. The molecule has 0 aliphatic heterocycles. The Labute approximate surface area is 226 Å². The number of benzene rings is 2. The van der Waals surface area contributed by atoms with Gasteiger partial charge in [-0.05, 0) is 68.1 Å². The first-order valence-corrected chi connectivity index (χ1v) is 13.9. The van der Waals surface area contributed by atoms with E-state index in [0.717, 1.165) is 44.3 Å². The van der Waals surface area contributed by atoms with Crippen molar-refractivity contribution in [1.82, 2.24) is 14.4 Å². The van der Waals surface area contributed by atoms with E-state index in [-0.39, 0.29) is 30.4 Å². The number of hydrogen-bond donors (Lipinski definition) is 0. The third kappa shape index (κ3) is 7.04. The Hall–Kier alpha value is -3.05. The molecule has 0 N–H and O–H groups in total. The van der Waals surface area contributed by atoms with Gasteiger partial charge in [0.05, 0.1) is 6.54 Å². The van der Waals surface area contributed by atoms with Crippen molar-refractivity contribution in [2.75, 3.05) is 6.54 Å². The van der Waals surface area contributed by atoms with Crippen molar-refractivity contribution < 1.29 is 9.59 Å². The minimum atomic E-state index is -0.129. The van der Waals surface area contributed by atoms with E-state index in [1.54, 1.807) is 29.2 Å². The highest BCUT2D eigenvalue weighted by molar-refractivity contribution is 6.30. The van der Waals surface area contributed by atoms with E-state index < -0.39 is 0 Å². The first-order valence-electron chi connectivity index (χ1n) is 13.5. The van der Waals surface area contributed by atoms with Crippen molar-refractivity contribution >= 4 is 23.4 Å². The van der Waals surface area contributed by atoms with Crippen LogP contribution in [0.1, 0.15) is 74.0 Å². The molecule has 1 saturated carbocycles. The predicted molar refractivity (Wildman–Crippen MR) is 150 cm³/mol. The largest absolute Gasteiger partial charge is 0.345 e. The van der Waals surface area contributed by atoms with Gasteiger partial charge in [0, 0.05) is 41.1 Å². The SMILES string of the molecule is CCC(C)N(CC(=O)N(Cc1cccn1Cc1ccccc1)C1CCCCC1)C(=O)c1ccc(Cl)cc1. The number of aromatic nitrogens is 1. The Bertz CT molecular complexity index is 1150. The van der Waals surface area contributed by atoms with Gasteiger partial charge in [0.2, 0.25) is 5.91 Å². The lowest BCUT2D eigenvalue weighted by molar-refractivity contribution is -0.136. The van der Waals surface area contributed by atoms with Crippen molar-refractivity contribution in [2.24, 2.45) is 0 Å². The summed E-state index contributed by atoms with van der Waals surface area (Å²) >= 11 is 6.04. The van der Waals surface area contributed by atoms with Crippen LogP contribution in [-0.2, 0) is 17.9 Å². The summed E-state index contributed by atoms with van der Waals surface area (Å²) in [5, 5.41) is 0.588. The summed E-state index contributed by atoms with van der Waals surface area (Å²) < 4.78 is 2.23. The Morgan fingerprint density at radius 3 is 2.35 bits per heavy atom. The fourth-order valence-corrected chi connectivity index (χ4v) is 5.28. The maximum Gasteiger partial charge on any atom is 0.254 e. The zero-order valence-corrected chi connectivity index (χ0v) is 22.7. The molecule has 0 saturated heterocycles. The number of rotatable bonds is 10. The zero-order valence-electron chi connectivity index (χ0n) is 22.0. The van der Waals surface area contributed by atoms with Gasteiger partial charge in [-0.15, -0.1) is 0 Å². The van der Waals surface area contributed by atoms with Gasteiger partial charge in [0.1, 0.15) is 6.54 Å². The van der Waals surface area contributed by atoms with Crippen LogP contribution in [0.2, 0.25) is 5.02 Å². The topological polar surface area (TPSA) is 45.6 Å². The third-order valence-electron chi connectivity index (χ3n) is 7.57. The summed E-state index contributed by atoms with van der Waals surface area (Å²) in [7, 11) is 0. The summed E-state index contributed by atoms with van der Waals surface area (Å²) in [6.45, 7) is 5.45. The smallest absolute Gasteiger partial charge is 0.254 e. The Kier molecular flexibility index (Phi) is 9.45. The highest BCUT2D eigenvalue weighted by atomic mass is 35.5. The van der Waals surface area contributed by atoms with Gasteiger partial charge < -0.3 is 14.4 Å². The number of amides is 2. The van der Waals surface area contributed by atoms with Gasteiger partial charge in [0.15, 0.2) is 0 Å². The minimum Gasteiger partial charge on any atom is -0.345 e. The number of carbonyl (C=O) groups excluding carboxylic acids is 2. The highest BCUT2D eigenvalue weighted by Crippen LogP contribution is 2.25. The number of nitrogens with zero attached hydrogens (tertiary/aromatic N) is 3. The molecule has 0 spiro atoms. The first kappa shape index (κ1) is 27.0. The molecule has 1 atom stereocenters. The van der Waals surface area contributed by atoms with Crippen molar-refractivity contribution in [3.05, 3.63) is 94.8 Å². The maximum absolute atomic E-state index is 14.0. The predicted octanol–water partition coefficient (Wildman–Crippen LogP) is 6.79. The molecule has 4 rings (SSSR count). The molecular weight excluding hydrogens is 482 g/mol. The monoisotopic (exact) mass is 519 g/mol. The van der Waals surface area contributed by atoms with Crippen LogP contribution in [0.15, 0.2) is 72.9 Å². The molecule has 2 aromatic carbocycles. The third-order valence-corrected chi connectivity index (χ3v) is 7.82. The van der Waals surface area contributed by atoms with Crippen molar-refractivity contribution in [1.29, 1.82) is 0 Å². The fourth-order valence-electron chi connectivity index (χ4n) is 5.16. The van der Waals surface area contributed by atoms with Crippen LogP contribution >= 0.6 is 11.6 Å². The second-order valence-electron chi connectivity index (χ2n) is 10.1. The number of hydrogen-bond acceptors (Lipinski definition) is 2. The van der Waals surface area contributed by atoms with Gasteiger partial charge in [0.25, 0.3) is 5.91 Å². The van der Waals surface area contributed by atoms with E-state index in [4.69, 9.17) is 11.6 Å². The van der Waals surface area contributed by atoms with Gasteiger partial charge in [-0.3, -0.25) is 9.59 Å². The Morgan fingerprint density at radius 2 is 1.68 bits per heavy atom. The van der Waals surface area contributed by atoms with Crippen molar-refractivity contribution in [3.63, 3.8) is 0 Å². The first-order chi connectivity index (χ1) is 18.0. The normalized spacial score (nSPS) is 14.8. The average molecular weight is 520 g/mol. The molecule has 196 valence electrons. The second-order valence-corrected chi connectivity index (χ2v) is 10.6. The molecule has 1 fully saturated rings. The van der Waals surface area contributed by atoms with Crippen LogP contribution < -0.4 is 0 Å². The standard InChI is InChI=1S/C31H38ClN3O2/c1-3-24(2)34(31(37)26-16-18-27(32)19-17-26)23-30(36)35(28-13-8-5-9-14-28)22-29-15-10-20-33(29)21-25-11-6-4-7-12-25/h4,6-7,10-12,15-20,24,28H,3,5,8-9,13-14,21-23H2,1-2H3. The van der Waals surface area contributed by atoms with Gasteiger partial charge in [-0.25, -0.2) is 0 Å². The molecule has 5 nitrogen and oxygen atoms in total. The Balaban J connectivity index is 1.56.